The van der Waals surface area contributed by atoms with Gasteiger partial charge in [0.15, 0.2) is 0 Å². The number of hydrogen-bond donors (Lipinski definition) is 0. The molecule has 0 saturated carbocycles. The van der Waals surface area contributed by atoms with Gasteiger partial charge < -0.3 is 0 Å². The van der Waals surface area contributed by atoms with Crippen LogP contribution in [-0.2, 0) is 13.6 Å². The first-order valence-electron chi connectivity index (χ1n) is 8.26. The van der Waals surface area contributed by atoms with Gasteiger partial charge in [0.05, 0.1) is 29.2 Å². The number of imidazole rings is 1. The molecule has 0 unspecified atom stereocenters. The van der Waals surface area contributed by atoms with E-state index in [1.165, 1.54) is 0 Å². The molecule has 2 aromatic carbocycles. The van der Waals surface area contributed by atoms with Crippen LogP contribution < -0.4 is 5.69 Å². The zero-order chi connectivity index (χ0) is 18.1. The van der Waals surface area contributed by atoms with Crippen LogP contribution in [0.1, 0.15) is 11.1 Å². The van der Waals surface area contributed by atoms with Crippen LogP contribution in [0.4, 0.5) is 0 Å². The van der Waals surface area contributed by atoms with E-state index in [0.29, 0.717) is 12.1 Å². The van der Waals surface area contributed by atoms with Gasteiger partial charge in [-0.05, 0) is 41.0 Å². The van der Waals surface area contributed by atoms with Crippen molar-refractivity contribution < 1.29 is 0 Å². The lowest BCUT2D eigenvalue weighted by molar-refractivity contribution is 0.734. The maximum atomic E-state index is 12.7. The maximum absolute atomic E-state index is 12.7. The SMILES string of the molecule is Cn1c(=O)n(Cc2cccnc2)c2ccc(-c3ccccc3C#N)cc21. The van der Waals surface area contributed by atoms with Crippen LogP contribution >= 0.6 is 0 Å². The van der Waals surface area contributed by atoms with Gasteiger partial charge in [-0.15, -0.1) is 0 Å². The number of rotatable bonds is 3. The molecule has 5 nitrogen and oxygen atoms in total. The number of aromatic nitrogens is 3. The second kappa shape index (κ2) is 6.34. The average molecular weight is 340 g/mol. The number of aryl methyl sites for hydroxylation is 1. The average Bonchev–Trinajstić information content (AvgIpc) is 2.93. The minimum atomic E-state index is -0.0745. The molecule has 0 atom stereocenters. The highest BCUT2D eigenvalue weighted by molar-refractivity contribution is 5.84. The van der Waals surface area contributed by atoms with Crippen LogP contribution in [0.5, 0.6) is 0 Å². The van der Waals surface area contributed by atoms with Crippen LogP contribution in [-0.4, -0.2) is 14.1 Å². The van der Waals surface area contributed by atoms with Crippen molar-refractivity contribution in [3.05, 3.63) is 88.6 Å². The Morgan fingerprint density at radius 1 is 1.08 bits per heavy atom. The zero-order valence-electron chi connectivity index (χ0n) is 14.3. The van der Waals surface area contributed by atoms with Crippen molar-refractivity contribution in [2.45, 2.75) is 6.54 Å². The standard InChI is InChI=1S/C21H16N4O/c1-24-20-11-16(18-7-3-2-6-17(18)12-22)8-9-19(20)25(21(24)26)14-15-5-4-10-23-13-15/h2-11,13H,14H2,1H3. The molecule has 126 valence electrons. The third-order valence-electron chi connectivity index (χ3n) is 4.57. The summed E-state index contributed by atoms with van der Waals surface area (Å²) in [7, 11) is 1.77. The first kappa shape index (κ1) is 15.9. The lowest BCUT2D eigenvalue weighted by atomic mass is 10.00. The highest BCUT2D eigenvalue weighted by Gasteiger charge is 2.13. The van der Waals surface area contributed by atoms with Gasteiger partial charge in [-0.2, -0.15) is 5.26 Å². The summed E-state index contributed by atoms with van der Waals surface area (Å²) in [5, 5.41) is 9.34. The molecular weight excluding hydrogens is 324 g/mol. The fraction of sp³-hybridized carbons (Fsp3) is 0.0952. The van der Waals surface area contributed by atoms with Crippen LogP contribution in [0, 0.1) is 11.3 Å². The predicted molar refractivity (Wildman–Crippen MR) is 101 cm³/mol. The largest absolute Gasteiger partial charge is 0.329 e. The fourth-order valence-electron chi connectivity index (χ4n) is 3.23. The molecule has 5 heteroatoms. The Labute approximate surface area is 150 Å². The van der Waals surface area contributed by atoms with Crippen LogP contribution in [0.25, 0.3) is 22.2 Å². The van der Waals surface area contributed by atoms with Crippen molar-refractivity contribution in [3.63, 3.8) is 0 Å². The fourth-order valence-corrected chi connectivity index (χ4v) is 3.23. The third kappa shape index (κ3) is 2.58. The molecule has 0 aliphatic heterocycles. The molecule has 26 heavy (non-hydrogen) atoms. The van der Waals surface area contributed by atoms with Gasteiger partial charge in [0.2, 0.25) is 0 Å². The van der Waals surface area contributed by atoms with E-state index in [0.717, 1.165) is 27.7 Å². The second-order valence-electron chi connectivity index (χ2n) is 6.15. The number of nitriles is 1. The first-order valence-corrected chi connectivity index (χ1v) is 8.26. The van der Waals surface area contributed by atoms with Gasteiger partial charge >= 0.3 is 5.69 Å². The Morgan fingerprint density at radius 3 is 2.69 bits per heavy atom. The first-order chi connectivity index (χ1) is 12.7. The van der Waals surface area contributed by atoms with E-state index in [1.807, 2.05) is 48.5 Å². The highest BCUT2D eigenvalue weighted by Crippen LogP contribution is 2.26. The molecule has 0 fully saturated rings. The monoisotopic (exact) mass is 340 g/mol. The zero-order valence-corrected chi connectivity index (χ0v) is 14.3. The van der Waals surface area contributed by atoms with Crippen molar-refractivity contribution in [3.8, 4) is 17.2 Å². The summed E-state index contributed by atoms with van der Waals surface area (Å²) in [6.45, 7) is 0.470. The lowest BCUT2D eigenvalue weighted by Gasteiger charge is -2.06. The number of nitrogens with zero attached hydrogens (tertiary/aromatic N) is 4. The number of benzene rings is 2. The number of pyridine rings is 1. The van der Waals surface area contributed by atoms with Crippen LogP contribution in [0.3, 0.4) is 0 Å². The summed E-state index contributed by atoms with van der Waals surface area (Å²) < 4.78 is 3.39. The second-order valence-corrected chi connectivity index (χ2v) is 6.15. The van der Waals surface area contributed by atoms with Crippen molar-refractivity contribution in [1.82, 2.24) is 14.1 Å². The summed E-state index contributed by atoms with van der Waals surface area (Å²) in [4.78, 5) is 16.8. The lowest BCUT2D eigenvalue weighted by Crippen LogP contribution is -2.22. The number of hydrogen-bond acceptors (Lipinski definition) is 3. The van der Waals surface area contributed by atoms with Crippen LogP contribution in [0.2, 0.25) is 0 Å². The van der Waals surface area contributed by atoms with E-state index >= 15 is 0 Å². The van der Waals surface area contributed by atoms with E-state index in [4.69, 9.17) is 0 Å². The third-order valence-corrected chi connectivity index (χ3v) is 4.57. The highest BCUT2D eigenvalue weighted by atomic mass is 16.1. The smallest absolute Gasteiger partial charge is 0.295 e. The van der Waals surface area contributed by atoms with E-state index in [2.05, 4.69) is 11.1 Å². The Bertz CT molecular complexity index is 1200. The summed E-state index contributed by atoms with van der Waals surface area (Å²) in [6.07, 6.45) is 3.48. The van der Waals surface area contributed by atoms with Gasteiger partial charge in [-0.25, -0.2) is 4.79 Å². The van der Waals surface area contributed by atoms with Crippen LogP contribution in [0.15, 0.2) is 71.8 Å². The molecular formula is C21H16N4O. The Hall–Kier alpha value is -3.65. The molecule has 0 aliphatic rings. The quantitative estimate of drug-likeness (QED) is 0.575. The van der Waals surface area contributed by atoms with Gasteiger partial charge in [0.1, 0.15) is 0 Å². The Morgan fingerprint density at radius 2 is 1.92 bits per heavy atom. The summed E-state index contributed by atoms with van der Waals surface area (Å²) in [5.41, 5.74) is 5.00. The minimum absolute atomic E-state index is 0.0745. The van der Waals surface area contributed by atoms with Crippen molar-refractivity contribution in [1.29, 1.82) is 5.26 Å². The number of fused-ring (bicyclic) bond motifs is 1. The van der Waals surface area contributed by atoms with Crippen molar-refractivity contribution in [2.75, 3.05) is 0 Å². The maximum Gasteiger partial charge on any atom is 0.329 e. The van der Waals surface area contributed by atoms with Gasteiger partial charge in [-0.1, -0.05) is 30.3 Å². The molecule has 4 rings (SSSR count). The van der Waals surface area contributed by atoms with E-state index in [9.17, 15) is 10.1 Å². The molecule has 2 heterocycles. The molecule has 0 amide bonds. The van der Waals surface area contributed by atoms with E-state index < -0.39 is 0 Å². The summed E-state index contributed by atoms with van der Waals surface area (Å²) in [5.74, 6) is 0. The molecule has 0 saturated heterocycles. The minimum Gasteiger partial charge on any atom is -0.295 e. The Kier molecular flexibility index (Phi) is 3.86. The molecule has 4 aromatic rings. The normalized spacial score (nSPS) is 10.8. The van der Waals surface area contributed by atoms with Crippen molar-refractivity contribution >= 4 is 11.0 Å². The molecule has 0 aliphatic carbocycles. The molecule has 0 radical (unpaired) electrons. The molecule has 0 N–H and O–H groups in total. The van der Waals surface area contributed by atoms with E-state index in [1.54, 1.807) is 34.6 Å². The van der Waals surface area contributed by atoms with Gasteiger partial charge in [-0.3, -0.25) is 14.1 Å². The van der Waals surface area contributed by atoms with Crippen molar-refractivity contribution in [2.24, 2.45) is 7.05 Å². The summed E-state index contributed by atoms with van der Waals surface area (Å²) >= 11 is 0. The Balaban J connectivity index is 1.87. The molecule has 0 bridgehead atoms. The van der Waals surface area contributed by atoms with Gasteiger partial charge in [0.25, 0.3) is 0 Å². The summed E-state index contributed by atoms with van der Waals surface area (Å²) in [6, 6.07) is 19.4. The topological polar surface area (TPSA) is 63.6 Å². The van der Waals surface area contributed by atoms with Gasteiger partial charge in [0, 0.05) is 19.4 Å². The molecule has 0 spiro atoms. The van der Waals surface area contributed by atoms with E-state index in [-0.39, 0.29) is 5.69 Å². The predicted octanol–water partition coefficient (Wildman–Crippen LogP) is 3.32. The molecule has 2 aromatic heterocycles.